The van der Waals surface area contributed by atoms with E-state index in [2.05, 4.69) is 12.2 Å². The number of piperazine rings is 1. The van der Waals surface area contributed by atoms with Gasteiger partial charge in [0, 0.05) is 6.54 Å². The lowest BCUT2D eigenvalue weighted by Crippen LogP contribution is -2.53. The van der Waals surface area contributed by atoms with E-state index in [0.29, 0.717) is 5.41 Å². The average Bonchev–Trinajstić information content (AvgIpc) is 2.92. The number of rotatable bonds is 3. The Morgan fingerprint density at radius 1 is 1.43 bits per heavy atom. The fraction of sp³-hybridized carbons (Fsp3) is 0.800. The molecular weight excluding hydrogens is 180 g/mol. The molecule has 1 aliphatic carbocycles. The third kappa shape index (κ3) is 1.74. The Kier molecular flexibility index (Phi) is 2.21. The highest BCUT2D eigenvalue weighted by atomic mass is 16.2. The zero-order valence-corrected chi connectivity index (χ0v) is 8.51. The molecule has 0 radical (unpaired) electrons. The molecule has 2 fully saturated rings. The van der Waals surface area contributed by atoms with Gasteiger partial charge in [-0.1, -0.05) is 6.92 Å². The Balaban J connectivity index is 1.95. The molecule has 4 heteroatoms. The number of nitrogens with one attached hydrogen (secondary N) is 1. The monoisotopic (exact) mass is 196 g/mol. The first-order valence-corrected chi connectivity index (χ1v) is 5.20. The van der Waals surface area contributed by atoms with Crippen molar-refractivity contribution in [1.29, 1.82) is 0 Å². The second kappa shape index (κ2) is 3.26. The van der Waals surface area contributed by atoms with Gasteiger partial charge in [-0.05, 0) is 24.7 Å². The van der Waals surface area contributed by atoms with Gasteiger partial charge in [0.25, 0.3) is 0 Å². The van der Waals surface area contributed by atoms with Crippen molar-refractivity contribution < 1.29 is 9.59 Å². The molecule has 0 atom stereocenters. The maximum absolute atomic E-state index is 11.5. The molecule has 0 spiro atoms. The number of carbonyl (C=O) groups is 2. The van der Waals surface area contributed by atoms with Crippen LogP contribution in [0.1, 0.15) is 26.2 Å². The van der Waals surface area contributed by atoms with E-state index in [9.17, 15) is 9.59 Å². The Morgan fingerprint density at radius 2 is 2.14 bits per heavy atom. The first-order chi connectivity index (χ1) is 6.65. The van der Waals surface area contributed by atoms with Crippen molar-refractivity contribution in [2.75, 3.05) is 19.6 Å². The Bertz CT molecular complexity index is 271. The van der Waals surface area contributed by atoms with Gasteiger partial charge in [-0.15, -0.1) is 0 Å². The summed E-state index contributed by atoms with van der Waals surface area (Å²) in [5, 5.41) is 2.56. The van der Waals surface area contributed by atoms with Crippen molar-refractivity contribution >= 4 is 11.8 Å². The number of carbonyl (C=O) groups excluding carboxylic acids is 2. The molecule has 2 amide bonds. The summed E-state index contributed by atoms with van der Waals surface area (Å²) >= 11 is 0. The van der Waals surface area contributed by atoms with Crippen LogP contribution in [0, 0.1) is 5.41 Å². The smallest absolute Gasteiger partial charge is 0.242 e. The van der Waals surface area contributed by atoms with Crippen LogP contribution in [0.25, 0.3) is 0 Å². The molecule has 1 heterocycles. The van der Waals surface area contributed by atoms with Crippen molar-refractivity contribution in [3.63, 3.8) is 0 Å². The number of amides is 2. The number of hydrogen-bond acceptors (Lipinski definition) is 2. The highest BCUT2D eigenvalue weighted by molar-refractivity contribution is 5.92. The molecule has 2 rings (SSSR count). The first kappa shape index (κ1) is 9.49. The minimum Gasteiger partial charge on any atom is -0.345 e. The molecule has 14 heavy (non-hydrogen) atoms. The van der Waals surface area contributed by atoms with Crippen LogP contribution >= 0.6 is 0 Å². The lowest BCUT2D eigenvalue weighted by molar-refractivity contribution is -0.141. The second-order valence-electron chi connectivity index (χ2n) is 4.38. The minimum atomic E-state index is -0.0310. The molecule has 4 nitrogen and oxygen atoms in total. The van der Waals surface area contributed by atoms with Gasteiger partial charge in [-0.3, -0.25) is 9.59 Å². The molecular formula is C10H16N2O2. The molecule has 1 aliphatic heterocycles. The summed E-state index contributed by atoms with van der Waals surface area (Å²) in [6.07, 6.45) is 3.52. The van der Waals surface area contributed by atoms with Gasteiger partial charge < -0.3 is 10.2 Å². The van der Waals surface area contributed by atoms with Gasteiger partial charge in [-0.25, -0.2) is 0 Å². The molecule has 0 aromatic carbocycles. The molecule has 0 aromatic rings. The third-order valence-corrected chi connectivity index (χ3v) is 3.36. The summed E-state index contributed by atoms with van der Waals surface area (Å²) in [6, 6.07) is 0. The largest absolute Gasteiger partial charge is 0.345 e. The van der Waals surface area contributed by atoms with Crippen LogP contribution in [-0.2, 0) is 9.59 Å². The van der Waals surface area contributed by atoms with Crippen LogP contribution in [0.15, 0.2) is 0 Å². The van der Waals surface area contributed by atoms with Gasteiger partial charge in [-0.2, -0.15) is 0 Å². The van der Waals surface area contributed by atoms with E-state index in [4.69, 9.17) is 0 Å². The number of nitrogens with zero attached hydrogens (tertiary/aromatic N) is 1. The molecule has 0 aromatic heterocycles. The van der Waals surface area contributed by atoms with E-state index in [-0.39, 0.29) is 24.9 Å². The van der Waals surface area contributed by atoms with Gasteiger partial charge >= 0.3 is 0 Å². The standard InChI is InChI=1S/C10H16N2O2/c1-2-10(3-4-10)7-12-6-8(13)11-5-9(12)14/h2-7H2,1H3,(H,11,13). The van der Waals surface area contributed by atoms with Crippen LogP contribution in [0.3, 0.4) is 0 Å². The van der Waals surface area contributed by atoms with Crippen molar-refractivity contribution in [3.05, 3.63) is 0 Å². The Labute approximate surface area is 83.6 Å². The topological polar surface area (TPSA) is 49.4 Å². The maximum Gasteiger partial charge on any atom is 0.242 e. The van der Waals surface area contributed by atoms with E-state index in [1.807, 2.05) is 0 Å². The van der Waals surface area contributed by atoms with Gasteiger partial charge in [0.15, 0.2) is 0 Å². The van der Waals surface area contributed by atoms with Crippen LogP contribution < -0.4 is 5.32 Å². The summed E-state index contributed by atoms with van der Waals surface area (Å²) in [7, 11) is 0. The van der Waals surface area contributed by atoms with Crippen molar-refractivity contribution in [2.45, 2.75) is 26.2 Å². The SMILES string of the molecule is CCC1(CN2CC(=O)NCC2=O)CC1. The van der Waals surface area contributed by atoms with Crippen LogP contribution in [0.4, 0.5) is 0 Å². The van der Waals surface area contributed by atoms with Crippen LogP contribution in [-0.4, -0.2) is 36.3 Å². The van der Waals surface area contributed by atoms with Crippen molar-refractivity contribution in [2.24, 2.45) is 5.41 Å². The molecule has 2 aliphatic rings. The van der Waals surface area contributed by atoms with Crippen LogP contribution in [0.5, 0.6) is 0 Å². The highest BCUT2D eigenvalue weighted by Gasteiger charge is 2.43. The summed E-state index contributed by atoms with van der Waals surface area (Å²) in [6.45, 7) is 3.36. The van der Waals surface area contributed by atoms with Gasteiger partial charge in [0.05, 0.1) is 13.1 Å². The normalized spacial score (nSPS) is 24.8. The lowest BCUT2D eigenvalue weighted by Gasteiger charge is -2.30. The van der Waals surface area contributed by atoms with Gasteiger partial charge in [0.2, 0.25) is 11.8 Å². The average molecular weight is 196 g/mol. The van der Waals surface area contributed by atoms with Crippen LogP contribution in [0.2, 0.25) is 0 Å². The highest BCUT2D eigenvalue weighted by Crippen LogP contribution is 2.49. The van der Waals surface area contributed by atoms with E-state index in [0.717, 1.165) is 13.0 Å². The molecule has 1 N–H and O–H groups in total. The van der Waals surface area contributed by atoms with E-state index >= 15 is 0 Å². The molecule has 1 saturated heterocycles. The first-order valence-electron chi connectivity index (χ1n) is 5.20. The summed E-state index contributed by atoms with van der Waals surface area (Å²) in [5.41, 5.74) is 0.341. The summed E-state index contributed by atoms with van der Waals surface area (Å²) < 4.78 is 0. The minimum absolute atomic E-state index is 0.0310. The molecule has 0 unspecified atom stereocenters. The predicted octanol–water partition coefficient (Wildman–Crippen LogP) is 0.135. The lowest BCUT2D eigenvalue weighted by atomic mass is 10.0. The van der Waals surface area contributed by atoms with Crippen molar-refractivity contribution in [3.8, 4) is 0 Å². The Hall–Kier alpha value is -1.06. The summed E-state index contributed by atoms with van der Waals surface area (Å²) in [5.74, 6) is 0.0285. The fourth-order valence-electron chi connectivity index (χ4n) is 1.95. The zero-order valence-electron chi connectivity index (χ0n) is 8.51. The number of hydrogen-bond donors (Lipinski definition) is 1. The molecule has 1 saturated carbocycles. The Morgan fingerprint density at radius 3 is 2.71 bits per heavy atom. The van der Waals surface area contributed by atoms with E-state index in [1.165, 1.54) is 12.8 Å². The predicted molar refractivity (Wildman–Crippen MR) is 51.5 cm³/mol. The molecule has 0 bridgehead atoms. The van der Waals surface area contributed by atoms with E-state index in [1.54, 1.807) is 4.90 Å². The summed E-state index contributed by atoms with van der Waals surface area (Å²) in [4.78, 5) is 24.3. The van der Waals surface area contributed by atoms with Gasteiger partial charge in [0.1, 0.15) is 0 Å². The van der Waals surface area contributed by atoms with E-state index < -0.39 is 0 Å². The fourth-order valence-corrected chi connectivity index (χ4v) is 1.95. The third-order valence-electron chi connectivity index (χ3n) is 3.36. The second-order valence-corrected chi connectivity index (χ2v) is 4.38. The maximum atomic E-state index is 11.5. The quantitative estimate of drug-likeness (QED) is 0.697. The zero-order chi connectivity index (χ0) is 10.2. The van der Waals surface area contributed by atoms with Crippen molar-refractivity contribution in [1.82, 2.24) is 10.2 Å². The molecule has 78 valence electrons.